The van der Waals surface area contributed by atoms with E-state index in [1.54, 1.807) is 42.6 Å². The number of thioether (sulfide) groups is 1. The first-order chi connectivity index (χ1) is 16.0. The van der Waals surface area contributed by atoms with Gasteiger partial charge in [0.2, 0.25) is 0 Å². The molecule has 0 amide bonds. The lowest BCUT2D eigenvalue weighted by atomic mass is 10.2. The number of pyridine rings is 1. The molecule has 0 fully saturated rings. The number of fused-ring (bicyclic) bond motifs is 2. The van der Waals surface area contributed by atoms with Crippen LogP contribution in [-0.2, 0) is 10.0 Å². The van der Waals surface area contributed by atoms with Crippen LogP contribution in [0.5, 0.6) is 0 Å². The fraction of sp³-hybridized carbons (Fsp3) is 0.0417. The zero-order chi connectivity index (χ0) is 22.8. The highest BCUT2D eigenvalue weighted by Gasteiger charge is 2.16. The van der Waals surface area contributed by atoms with Crippen molar-refractivity contribution in [3.63, 3.8) is 0 Å². The second-order valence-corrected chi connectivity index (χ2v) is 9.67. The number of nitrogens with zero attached hydrogens (tertiary/aromatic N) is 3. The summed E-state index contributed by atoms with van der Waals surface area (Å²) in [6.07, 6.45) is 3.56. The van der Waals surface area contributed by atoms with Crippen molar-refractivity contribution in [2.45, 2.75) is 10.1 Å². The Morgan fingerprint density at radius 3 is 2.45 bits per heavy atom. The number of nitrogens with one attached hydrogen (secondary N) is 2. The Kier molecular flexibility index (Phi) is 5.57. The average molecular weight is 474 g/mol. The minimum absolute atomic E-state index is 0.151. The molecule has 0 bridgehead atoms. The molecule has 9 heteroatoms. The van der Waals surface area contributed by atoms with Gasteiger partial charge >= 0.3 is 0 Å². The summed E-state index contributed by atoms with van der Waals surface area (Å²) in [7, 11) is -3.79. The van der Waals surface area contributed by atoms with Crippen LogP contribution in [0.3, 0.4) is 0 Å². The normalized spacial score (nSPS) is 11.5. The molecule has 2 aromatic heterocycles. The summed E-state index contributed by atoms with van der Waals surface area (Å²) in [4.78, 5) is 13.6. The van der Waals surface area contributed by atoms with E-state index in [-0.39, 0.29) is 4.90 Å². The van der Waals surface area contributed by atoms with Gasteiger partial charge in [0, 0.05) is 22.7 Å². The van der Waals surface area contributed by atoms with Crippen molar-refractivity contribution in [3.05, 3.63) is 85.1 Å². The number of para-hydroxylation sites is 2. The van der Waals surface area contributed by atoms with Gasteiger partial charge in [-0.1, -0.05) is 42.1 Å². The number of benzene rings is 3. The van der Waals surface area contributed by atoms with Crippen LogP contribution < -0.4 is 10.0 Å². The molecule has 33 heavy (non-hydrogen) atoms. The molecule has 0 aliphatic carbocycles. The van der Waals surface area contributed by atoms with Crippen molar-refractivity contribution in [3.8, 4) is 0 Å². The maximum atomic E-state index is 13.0. The van der Waals surface area contributed by atoms with Crippen LogP contribution in [0.25, 0.3) is 21.8 Å². The number of hydrogen-bond donors (Lipinski definition) is 2. The van der Waals surface area contributed by atoms with Crippen molar-refractivity contribution in [2.24, 2.45) is 0 Å². The fourth-order valence-corrected chi connectivity index (χ4v) is 4.92. The van der Waals surface area contributed by atoms with Gasteiger partial charge in [-0.3, -0.25) is 9.71 Å². The summed E-state index contributed by atoms with van der Waals surface area (Å²) >= 11 is 1.46. The topological polar surface area (TPSA) is 96.9 Å². The Hall–Kier alpha value is -3.69. The van der Waals surface area contributed by atoms with E-state index in [1.165, 1.54) is 11.8 Å². The molecule has 0 atom stereocenters. The Morgan fingerprint density at radius 2 is 1.64 bits per heavy atom. The van der Waals surface area contributed by atoms with Gasteiger partial charge in [-0.2, -0.15) is 0 Å². The number of anilines is 3. The number of rotatable bonds is 6. The molecule has 0 unspecified atom stereocenters. The number of sulfonamides is 1. The highest BCUT2D eigenvalue weighted by atomic mass is 32.2. The Balaban J connectivity index is 1.42. The Labute approximate surface area is 195 Å². The highest BCUT2D eigenvalue weighted by molar-refractivity contribution is 7.98. The summed E-state index contributed by atoms with van der Waals surface area (Å²) in [6, 6.07) is 23.4. The van der Waals surface area contributed by atoms with Crippen LogP contribution in [0, 0.1) is 0 Å². The van der Waals surface area contributed by atoms with Crippen LogP contribution in [0.2, 0.25) is 0 Å². The second kappa shape index (κ2) is 8.68. The zero-order valence-corrected chi connectivity index (χ0v) is 19.2. The van der Waals surface area contributed by atoms with Gasteiger partial charge in [0.25, 0.3) is 10.0 Å². The quantitative estimate of drug-likeness (QED) is 0.250. The summed E-state index contributed by atoms with van der Waals surface area (Å²) in [5.74, 6) is 0.667. The molecule has 2 heterocycles. The molecule has 0 aliphatic heterocycles. The maximum Gasteiger partial charge on any atom is 0.261 e. The van der Waals surface area contributed by atoms with E-state index in [1.807, 2.05) is 48.7 Å². The van der Waals surface area contributed by atoms with Crippen LogP contribution in [0.15, 0.2) is 95.1 Å². The van der Waals surface area contributed by atoms with Gasteiger partial charge < -0.3 is 5.32 Å². The first-order valence-electron chi connectivity index (χ1n) is 10.1. The van der Waals surface area contributed by atoms with Crippen molar-refractivity contribution in [2.75, 3.05) is 16.3 Å². The molecule has 5 aromatic rings. The van der Waals surface area contributed by atoms with Crippen LogP contribution >= 0.6 is 11.8 Å². The molecular formula is C24H19N5O2S2. The molecule has 3 aromatic carbocycles. The van der Waals surface area contributed by atoms with Crippen LogP contribution in [0.4, 0.5) is 17.2 Å². The van der Waals surface area contributed by atoms with Crippen molar-refractivity contribution >= 4 is 60.8 Å². The van der Waals surface area contributed by atoms with E-state index in [2.05, 4.69) is 25.0 Å². The Morgan fingerprint density at radius 1 is 0.848 bits per heavy atom. The summed E-state index contributed by atoms with van der Waals surface area (Å²) in [5, 5.41) is 5.69. The molecule has 0 saturated heterocycles. The number of hydrogen-bond acceptors (Lipinski definition) is 7. The predicted octanol–water partition coefficient (Wildman–Crippen LogP) is 5.44. The SMILES string of the molecule is CSc1nc(Nc2ccc(S(=O)(=O)Nc3cccc4cccnc34)cc2)c2ccccc2n1. The largest absolute Gasteiger partial charge is 0.340 e. The molecule has 5 rings (SSSR count). The average Bonchev–Trinajstić information content (AvgIpc) is 2.84. The monoisotopic (exact) mass is 473 g/mol. The molecule has 0 saturated carbocycles. The minimum Gasteiger partial charge on any atom is -0.340 e. The van der Waals surface area contributed by atoms with Gasteiger partial charge in [0.05, 0.1) is 21.6 Å². The summed E-state index contributed by atoms with van der Waals surface area (Å²) in [5.41, 5.74) is 2.59. The van der Waals surface area contributed by atoms with Crippen molar-refractivity contribution < 1.29 is 8.42 Å². The zero-order valence-electron chi connectivity index (χ0n) is 17.6. The third-order valence-electron chi connectivity index (χ3n) is 5.07. The third kappa shape index (κ3) is 4.33. The Bertz CT molecular complexity index is 1570. The van der Waals surface area contributed by atoms with E-state index in [4.69, 9.17) is 0 Å². The molecule has 0 spiro atoms. The second-order valence-electron chi connectivity index (χ2n) is 7.21. The van der Waals surface area contributed by atoms with E-state index >= 15 is 0 Å². The van der Waals surface area contributed by atoms with Gasteiger partial charge in [-0.25, -0.2) is 18.4 Å². The standard InChI is InChI=1S/C24H19N5O2S2/c1-32-24-27-20-9-3-2-8-19(20)23(28-24)26-17-11-13-18(14-12-17)33(30,31)29-21-10-4-6-16-7-5-15-25-22(16)21/h2-15,29H,1H3,(H,26,27,28). The molecule has 0 radical (unpaired) electrons. The molecule has 0 aliphatic rings. The van der Waals surface area contributed by atoms with Crippen LogP contribution in [0.1, 0.15) is 0 Å². The van der Waals surface area contributed by atoms with E-state index < -0.39 is 10.0 Å². The smallest absolute Gasteiger partial charge is 0.261 e. The van der Waals surface area contributed by atoms with Gasteiger partial charge in [0.1, 0.15) is 5.82 Å². The van der Waals surface area contributed by atoms with Crippen LogP contribution in [-0.4, -0.2) is 29.6 Å². The molecule has 164 valence electrons. The van der Waals surface area contributed by atoms with Crippen molar-refractivity contribution in [1.82, 2.24) is 15.0 Å². The first kappa shape index (κ1) is 21.2. The summed E-state index contributed by atoms with van der Waals surface area (Å²) in [6.45, 7) is 0. The van der Waals surface area contributed by atoms with Crippen molar-refractivity contribution in [1.29, 1.82) is 0 Å². The third-order valence-corrected chi connectivity index (χ3v) is 7.00. The van der Waals surface area contributed by atoms with E-state index in [9.17, 15) is 8.42 Å². The van der Waals surface area contributed by atoms with Gasteiger partial charge in [-0.05, 0) is 54.8 Å². The summed E-state index contributed by atoms with van der Waals surface area (Å²) < 4.78 is 28.6. The molecule has 2 N–H and O–H groups in total. The van der Waals surface area contributed by atoms with E-state index in [0.29, 0.717) is 22.2 Å². The lowest BCUT2D eigenvalue weighted by molar-refractivity contribution is 0.601. The van der Waals surface area contributed by atoms with Gasteiger partial charge in [0.15, 0.2) is 5.16 Å². The first-order valence-corrected chi connectivity index (χ1v) is 12.8. The number of aromatic nitrogens is 3. The maximum absolute atomic E-state index is 13.0. The molecule has 7 nitrogen and oxygen atoms in total. The van der Waals surface area contributed by atoms with E-state index in [0.717, 1.165) is 22.0 Å². The minimum atomic E-state index is -3.79. The predicted molar refractivity (Wildman–Crippen MR) is 134 cm³/mol. The molecular weight excluding hydrogens is 454 g/mol. The lowest BCUT2D eigenvalue weighted by Crippen LogP contribution is -2.13. The highest BCUT2D eigenvalue weighted by Crippen LogP contribution is 2.28. The fourth-order valence-electron chi connectivity index (χ4n) is 3.49. The lowest BCUT2D eigenvalue weighted by Gasteiger charge is -2.12. The van der Waals surface area contributed by atoms with Gasteiger partial charge in [-0.15, -0.1) is 0 Å².